The van der Waals surface area contributed by atoms with Crippen LogP contribution in [-0.2, 0) is 67.2 Å². The lowest BCUT2D eigenvalue weighted by atomic mass is 9.97. The van der Waals surface area contributed by atoms with Crippen LogP contribution >= 0.6 is 0 Å². The summed E-state index contributed by atoms with van der Waals surface area (Å²) in [6.45, 7) is 0.0201. The van der Waals surface area contributed by atoms with E-state index in [0.29, 0.717) is 5.56 Å². The van der Waals surface area contributed by atoms with Crippen molar-refractivity contribution in [1.82, 2.24) is 0 Å². The van der Waals surface area contributed by atoms with Crippen molar-refractivity contribution in [2.75, 3.05) is 20.3 Å². The van der Waals surface area contributed by atoms with Crippen LogP contribution in [0.5, 0.6) is 0 Å². The molecule has 6 aromatic carbocycles. The molecule has 2 aliphatic heterocycles. The molecule has 0 radical (unpaired) electrons. The molecular weight excluding hydrogens is 857 g/mol. The van der Waals surface area contributed by atoms with Gasteiger partial charge in [-0.15, -0.1) is 0 Å². The molecule has 9 atom stereocenters. The smallest absolute Gasteiger partial charge is 0.338 e. The zero-order valence-corrected chi connectivity index (χ0v) is 36.9. The maximum absolute atomic E-state index is 13.8. The topological polar surface area (TPSA) is 144 Å². The van der Waals surface area contributed by atoms with Crippen molar-refractivity contribution in [2.45, 2.75) is 75.1 Å². The van der Waals surface area contributed by atoms with Crippen molar-refractivity contribution < 1.29 is 61.8 Å². The molecule has 0 unspecified atom stereocenters. The van der Waals surface area contributed by atoms with Gasteiger partial charge in [0.25, 0.3) is 0 Å². The summed E-state index contributed by atoms with van der Waals surface area (Å²) < 4.78 is 63.8. The van der Waals surface area contributed by atoms with Crippen LogP contribution in [0.4, 0.5) is 0 Å². The van der Waals surface area contributed by atoms with Crippen LogP contribution in [0, 0.1) is 0 Å². The van der Waals surface area contributed by atoms with Gasteiger partial charge < -0.3 is 47.4 Å². The van der Waals surface area contributed by atoms with Gasteiger partial charge in [-0.3, -0.25) is 0 Å². The second-order valence-electron chi connectivity index (χ2n) is 15.9. The summed E-state index contributed by atoms with van der Waals surface area (Å²) in [5.74, 6) is -2.08. The van der Waals surface area contributed by atoms with E-state index in [1.54, 1.807) is 91.0 Å². The van der Waals surface area contributed by atoms with Crippen LogP contribution in [0.2, 0.25) is 0 Å². The van der Waals surface area contributed by atoms with Crippen LogP contribution in [0.25, 0.3) is 0 Å². The Labute approximate surface area is 389 Å². The van der Waals surface area contributed by atoms with E-state index < -0.39 is 73.2 Å². The maximum atomic E-state index is 13.8. The van der Waals surface area contributed by atoms with Gasteiger partial charge in [-0.25, -0.2) is 14.4 Å². The first-order valence-electron chi connectivity index (χ1n) is 22.1. The van der Waals surface area contributed by atoms with E-state index >= 15 is 0 Å². The van der Waals surface area contributed by atoms with Gasteiger partial charge in [0, 0.05) is 7.11 Å². The van der Waals surface area contributed by atoms with E-state index in [4.69, 9.17) is 47.4 Å². The molecular formula is C54H52O13. The van der Waals surface area contributed by atoms with E-state index in [-0.39, 0.29) is 44.2 Å². The molecule has 0 aliphatic carbocycles. The van der Waals surface area contributed by atoms with Gasteiger partial charge in [0.15, 0.2) is 24.8 Å². The summed E-state index contributed by atoms with van der Waals surface area (Å²) in [7, 11) is 1.52. The first kappa shape index (κ1) is 47.0. The van der Waals surface area contributed by atoms with Crippen LogP contribution < -0.4 is 0 Å². The largest absolute Gasteiger partial charge is 0.459 e. The third kappa shape index (κ3) is 12.7. The molecule has 0 N–H and O–H groups in total. The fraction of sp³-hybridized carbons (Fsp3) is 0.278. The molecule has 2 fully saturated rings. The highest BCUT2D eigenvalue weighted by atomic mass is 16.8. The number of rotatable bonds is 20. The molecule has 6 aromatic rings. The number of esters is 3. The number of methoxy groups -OCH3 is 1. The van der Waals surface area contributed by atoms with Crippen LogP contribution in [0.15, 0.2) is 182 Å². The molecule has 0 amide bonds. The van der Waals surface area contributed by atoms with E-state index in [1.807, 2.05) is 91.0 Å². The highest BCUT2D eigenvalue weighted by Crippen LogP contribution is 2.34. The average Bonchev–Trinajstić information content (AvgIpc) is 3.71. The lowest BCUT2D eigenvalue weighted by Crippen LogP contribution is -2.61. The second kappa shape index (κ2) is 23.8. The first-order chi connectivity index (χ1) is 32.9. The lowest BCUT2D eigenvalue weighted by Gasteiger charge is -2.45. The van der Waals surface area contributed by atoms with Gasteiger partial charge in [-0.05, 0) is 53.1 Å². The summed E-state index contributed by atoms with van der Waals surface area (Å²) >= 11 is 0. The molecule has 2 heterocycles. The maximum Gasteiger partial charge on any atom is 0.338 e. The number of carbonyl (C=O) groups excluding carboxylic acids is 3. The lowest BCUT2D eigenvalue weighted by molar-refractivity contribution is -0.328. The van der Waals surface area contributed by atoms with Crippen LogP contribution in [0.1, 0.15) is 47.8 Å². The highest BCUT2D eigenvalue weighted by Gasteiger charge is 2.53. The summed E-state index contributed by atoms with van der Waals surface area (Å²) in [5.41, 5.74) is 3.55. The molecule has 346 valence electrons. The fourth-order valence-electron chi connectivity index (χ4n) is 7.83. The Balaban J connectivity index is 1.10. The third-order valence-corrected chi connectivity index (χ3v) is 11.3. The Morgan fingerprint density at radius 2 is 0.761 bits per heavy atom. The minimum absolute atomic E-state index is 0.184. The number of hydrogen-bond acceptors (Lipinski definition) is 13. The van der Waals surface area contributed by atoms with Gasteiger partial charge in [0.05, 0.1) is 43.1 Å². The SMILES string of the molecule is CO[C@H]1O[C@H](CO[C@H]2O[C@H](COC(=O)c3ccccc3)[C@@H](OC(=O)c3ccccc3)[C@@H]2OC(=O)c2ccccc2)[C@@H](OCc2ccccc2)[C@H](OCc2ccccc2)[C@@H]1OCc1ccccc1. The van der Waals surface area contributed by atoms with E-state index in [2.05, 4.69) is 0 Å². The molecule has 0 saturated carbocycles. The Morgan fingerprint density at radius 1 is 0.388 bits per heavy atom. The molecule has 13 heteroatoms. The van der Waals surface area contributed by atoms with Crippen molar-refractivity contribution >= 4 is 17.9 Å². The van der Waals surface area contributed by atoms with E-state index in [0.717, 1.165) is 16.7 Å². The third-order valence-electron chi connectivity index (χ3n) is 11.3. The summed E-state index contributed by atoms with van der Waals surface area (Å²) in [5, 5.41) is 0. The first-order valence-corrected chi connectivity index (χ1v) is 22.1. The van der Waals surface area contributed by atoms with Crippen molar-refractivity contribution in [3.05, 3.63) is 215 Å². The van der Waals surface area contributed by atoms with E-state index in [9.17, 15) is 14.4 Å². The monoisotopic (exact) mass is 908 g/mol. The number of benzene rings is 6. The van der Waals surface area contributed by atoms with Gasteiger partial charge in [0.2, 0.25) is 0 Å². The molecule has 13 nitrogen and oxygen atoms in total. The zero-order valence-electron chi connectivity index (χ0n) is 36.9. The number of ether oxygens (including phenoxy) is 10. The summed E-state index contributed by atoms with van der Waals surface area (Å²) in [4.78, 5) is 40.8. The standard InChI is InChI=1S/C54H52O13/c1-58-53-48(61-34-39-24-12-4-13-25-39)47(60-33-38-22-10-3-11-23-38)45(59-32-37-20-8-2-9-21-37)43(64-53)36-63-54-49(67-52(57)42-30-18-7-19-31-42)46(66-51(56)41-28-16-6-17-29-41)44(65-54)35-62-50(55)40-26-14-5-15-27-40/h2-31,43-49,53-54H,32-36H2,1H3/t43-,44-,45-,46-,47+,48+,49+,53+,54+/m1/s1. The molecule has 0 bridgehead atoms. The Kier molecular flexibility index (Phi) is 16.7. The zero-order chi connectivity index (χ0) is 46.2. The van der Waals surface area contributed by atoms with Crippen molar-refractivity contribution in [1.29, 1.82) is 0 Å². The van der Waals surface area contributed by atoms with Crippen LogP contribution in [-0.4, -0.2) is 93.5 Å². The quantitative estimate of drug-likeness (QED) is 0.0537. The number of hydrogen-bond donors (Lipinski definition) is 0. The predicted molar refractivity (Wildman–Crippen MR) is 243 cm³/mol. The second-order valence-corrected chi connectivity index (χ2v) is 15.9. The van der Waals surface area contributed by atoms with E-state index in [1.165, 1.54) is 7.11 Å². The fourth-order valence-corrected chi connectivity index (χ4v) is 7.83. The Bertz CT molecular complexity index is 2430. The summed E-state index contributed by atoms with van der Waals surface area (Å²) in [6.07, 6.45) is -9.46. The minimum atomic E-state index is -1.38. The molecule has 8 rings (SSSR count). The Morgan fingerprint density at radius 3 is 1.22 bits per heavy atom. The van der Waals surface area contributed by atoms with Gasteiger partial charge in [-0.2, -0.15) is 0 Å². The van der Waals surface area contributed by atoms with Crippen molar-refractivity contribution in [3.63, 3.8) is 0 Å². The minimum Gasteiger partial charge on any atom is -0.459 e. The van der Waals surface area contributed by atoms with Gasteiger partial charge >= 0.3 is 17.9 Å². The average molecular weight is 909 g/mol. The van der Waals surface area contributed by atoms with Crippen LogP contribution in [0.3, 0.4) is 0 Å². The van der Waals surface area contributed by atoms with Crippen molar-refractivity contribution in [3.8, 4) is 0 Å². The predicted octanol–water partition coefficient (Wildman–Crippen LogP) is 8.16. The molecule has 2 aliphatic rings. The Hall–Kier alpha value is -6.55. The van der Waals surface area contributed by atoms with Crippen molar-refractivity contribution in [2.24, 2.45) is 0 Å². The normalized spacial score (nSPS) is 23.5. The van der Waals surface area contributed by atoms with Gasteiger partial charge in [-0.1, -0.05) is 146 Å². The molecule has 67 heavy (non-hydrogen) atoms. The molecule has 2 saturated heterocycles. The molecule has 0 spiro atoms. The van der Waals surface area contributed by atoms with Gasteiger partial charge in [0.1, 0.15) is 37.1 Å². The number of carbonyl (C=O) groups is 3. The summed E-state index contributed by atoms with van der Waals surface area (Å²) in [6, 6.07) is 54.3. The highest BCUT2D eigenvalue weighted by molar-refractivity contribution is 5.91. The molecule has 0 aromatic heterocycles.